The van der Waals surface area contributed by atoms with Gasteiger partial charge < -0.3 is 10.6 Å². The molecule has 2 N–H and O–H groups in total. The van der Waals surface area contributed by atoms with E-state index in [1.54, 1.807) is 24.3 Å². The number of urea groups is 1. The average Bonchev–Trinajstić information content (AvgIpc) is 2.27. The van der Waals surface area contributed by atoms with Crippen LogP contribution in [0.3, 0.4) is 0 Å². The first-order valence-electron chi connectivity index (χ1n) is 4.24. The Kier molecular flexibility index (Phi) is 3.76. The van der Waals surface area contributed by atoms with Crippen LogP contribution in [0.1, 0.15) is 5.56 Å². The van der Waals surface area contributed by atoms with Crippen molar-refractivity contribution in [3.63, 3.8) is 0 Å². The van der Waals surface area contributed by atoms with Crippen molar-refractivity contribution in [3.8, 4) is 18.4 Å². The summed E-state index contributed by atoms with van der Waals surface area (Å²) in [4.78, 5) is 11.1. The molecule has 0 spiro atoms. The van der Waals surface area contributed by atoms with Gasteiger partial charge in [-0.1, -0.05) is 5.92 Å². The van der Waals surface area contributed by atoms with E-state index < -0.39 is 0 Å². The van der Waals surface area contributed by atoms with Crippen LogP contribution in [-0.4, -0.2) is 12.6 Å². The van der Waals surface area contributed by atoms with E-state index in [-0.39, 0.29) is 12.6 Å². The number of nitrogens with one attached hydrogen (secondary N) is 2. The summed E-state index contributed by atoms with van der Waals surface area (Å²) < 4.78 is 0. The highest BCUT2D eigenvalue weighted by Gasteiger charge is 1.99. The summed E-state index contributed by atoms with van der Waals surface area (Å²) in [6, 6.07) is 8.16. The van der Waals surface area contributed by atoms with Gasteiger partial charge in [0.25, 0.3) is 0 Å². The van der Waals surface area contributed by atoms with E-state index in [2.05, 4.69) is 16.6 Å². The molecule has 0 heterocycles. The molecular formula is C11H9N3O. The molecule has 0 aliphatic rings. The third-order valence-electron chi connectivity index (χ3n) is 1.62. The lowest BCUT2D eigenvalue weighted by Crippen LogP contribution is -2.28. The van der Waals surface area contributed by atoms with E-state index in [4.69, 9.17) is 11.7 Å². The number of amides is 2. The van der Waals surface area contributed by atoms with Gasteiger partial charge in [-0.15, -0.1) is 6.42 Å². The Morgan fingerprint density at radius 1 is 1.40 bits per heavy atom. The summed E-state index contributed by atoms with van der Waals surface area (Å²) >= 11 is 0. The zero-order valence-electron chi connectivity index (χ0n) is 7.95. The highest BCUT2D eigenvalue weighted by molar-refractivity contribution is 5.89. The fourth-order valence-corrected chi connectivity index (χ4v) is 0.935. The molecule has 1 aromatic carbocycles. The molecule has 0 unspecified atom stereocenters. The molecule has 0 aliphatic carbocycles. The Morgan fingerprint density at radius 3 is 2.60 bits per heavy atom. The number of anilines is 1. The Bertz CT molecular complexity index is 423. The highest BCUT2D eigenvalue weighted by Crippen LogP contribution is 2.08. The standard InChI is InChI=1S/C11H9N3O/c1-2-7-13-11(15)14-10-5-3-9(8-12)4-6-10/h1,3-6H,7H2,(H2,13,14,15). The molecule has 2 amide bonds. The molecule has 0 aliphatic heterocycles. The Hall–Kier alpha value is -2.46. The van der Waals surface area contributed by atoms with Gasteiger partial charge >= 0.3 is 6.03 Å². The molecule has 1 rings (SSSR count). The van der Waals surface area contributed by atoms with Crippen molar-refractivity contribution in [1.82, 2.24) is 5.32 Å². The molecule has 0 atom stereocenters. The summed E-state index contributed by atoms with van der Waals surface area (Å²) in [5.74, 6) is 2.29. The third-order valence-corrected chi connectivity index (χ3v) is 1.62. The summed E-state index contributed by atoms with van der Waals surface area (Å²) in [5.41, 5.74) is 1.16. The summed E-state index contributed by atoms with van der Waals surface area (Å²) in [6.45, 7) is 0.183. The number of nitrogens with zero attached hydrogens (tertiary/aromatic N) is 1. The van der Waals surface area contributed by atoms with Gasteiger partial charge in [-0.05, 0) is 24.3 Å². The monoisotopic (exact) mass is 199 g/mol. The molecular weight excluding hydrogens is 190 g/mol. The summed E-state index contributed by atoms with van der Waals surface area (Å²) in [5, 5.41) is 13.6. The second-order valence-corrected chi connectivity index (χ2v) is 2.70. The predicted molar refractivity (Wildman–Crippen MR) is 57.0 cm³/mol. The maximum absolute atomic E-state index is 11.1. The number of terminal acetylenes is 1. The first-order chi connectivity index (χ1) is 7.26. The molecule has 0 fully saturated rings. The quantitative estimate of drug-likeness (QED) is 0.705. The number of rotatable bonds is 2. The van der Waals surface area contributed by atoms with Gasteiger partial charge in [0.15, 0.2) is 0 Å². The number of hydrogen-bond acceptors (Lipinski definition) is 2. The molecule has 0 radical (unpaired) electrons. The van der Waals surface area contributed by atoms with Crippen molar-refractivity contribution in [2.75, 3.05) is 11.9 Å². The molecule has 1 aromatic rings. The normalized spacial score (nSPS) is 8.40. The van der Waals surface area contributed by atoms with E-state index in [0.717, 1.165) is 0 Å². The second-order valence-electron chi connectivity index (χ2n) is 2.70. The number of nitriles is 1. The van der Waals surface area contributed by atoms with Crippen LogP contribution in [-0.2, 0) is 0 Å². The average molecular weight is 199 g/mol. The summed E-state index contributed by atoms with van der Waals surface area (Å²) in [6.07, 6.45) is 4.98. The smallest absolute Gasteiger partial charge is 0.319 e. The highest BCUT2D eigenvalue weighted by atomic mass is 16.2. The fourth-order valence-electron chi connectivity index (χ4n) is 0.935. The predicted octanol–water partition coefficient (Wildman–Crippen LogP) is 1.31. The second kappa shape index (κ2) is 5.31. The largest absolute Gasteiger partial charge is 0.327 e. The molecule has 15 heavy (non-hydrogen) atoms. The van der Waals surface area contributed by atoms with Crippen LogP contribution in [0.2, 0.25) is 0 Å². The van der Waals surface area contributed by atoms with Gasteiger partial charge in [-0.3, -0.25) is 0 Å². The lowest BCUT2D eigenvalue weighted by atomic mass is 10.2. The van der Waals surface area contributed by atoms with Crippen molar-refractivity contribution in [2.45, 2.75) is 0 Å². The fraction of sp³-hybridized carbons (Fsp3) is 0.0909. The van der Waals surface area contributed by atoms with Crippen LogP contribution in [0, 0.1) is 23.7 Å². The van der Waals surface area contributed by atoms with Gasteiger partial charge in [-0.2, -0.15) is 5.26 Å². The zero-order valence-corrected chi connectivity index (χ0v) is 7.95. The Labute approximate surface area is 87.9 Å². The van der Waals surface area contributed by atoms with E-state index in [1.165, 1.54) is 0 Å². The third kappa shape index (κ3) is 3.41. The summed E-state index contributed by atoms with van der Waals surface area (Å²) in [7, 11) is 0. The van der Waals surface area contributed by atoms with Crippen LogP contribution in [0.15, 0.2) is 24.3 Å². The molecule has 0 bridgehead atoms. The van der Waals surface area contributed by atoms with E-state index in [9.17, 15) is 4.79 Å². The van der Waals surface area contributed by atoms with Crippen LogP contribution < -0.4 is 10.6 Å². The minimum Gasteiger partial charge on any atom is -0.327 e. The van der Waals surface area contributed by atoms with Crippen LogP contribution >= 0.6 is 0 Å². The first kappa shape index (κ1) is 10.6. The van der Waals surface area contributed by atoms with Crippen LogP contribution in [0.4, 0.5) is 10.5 Å². The van der Waals surface area contributed by atoms with Gasteiger partial charge in [-0.25, -0.2) is 4.79 Å². The minimum atomic E-state index is -0.363. The molecule has 4 heteroatoms. The van der Waals surface area contributed by atoms with Gasteiger partial charge in [0.05, 0.1) is 18.2 Å². The molecule has 0 saturated heterocycles. The van der Waals surface area contributed by atoms with Crippen LogP contribution in [0.5, 0.6) is 0 Å². The van der Waals surface area contributed by atoms with E-state index >= 15 is 0 Å². The van der Waals surface area contributed by atoms with Crippen molar-refractivity contribution in [3.05, 3.63) is 29.8 Å². The van der Waals surface area contributed by atoms with Gasteiger partial charge in [0, 0.05) is 5.69 Å². The van der Waals surface area contributed by atoms with Crippen molar-refractivity contribution in [2.24, 2.45) is 0 Å². The number of benzene rings is 1. The molecule has 0 aromatic heterocycles. The van der Waals surface area contributed by atoms with E-state index in [1.807, 2.05) is 6.07 Å². The lowest BCUT2D eigenvalue weighted by Gasteiger charge is -2.04. The number of carbonyl (C=O) groups is 1. The lowest BCUT2D eigenvalue weighted by molar-refractivity contribution is 0.253. The van der Waals surface area contributed by atoms with Gasteiger partial charge in [0.1, 0.15) is 0 Å². The SMILES string of the molecule is C#CCNC(=O)Nc1ccc(C#N)cc1. The maximum atomic E-state index is 11.1. The number of carbonyl (C=O) groups excluding carboxylic acids is 1. The molecule has 4 nitrogen and oxygen atoms in total. The molecule has 0 saturated carbocycles. The van der Waals surface area contributed by atoms with Crippen LogP contribution in [0.25, 0.3) is 0 Å². The van der Waals surface area contributed by atoms with Crippen molar-refractivity contribution < 1.29 is 4.79 Å². The first-order valence-corrected chi connectivity index (χ1v) is 4.24. The Balaban J connectivity index is 2.55. The van der Waals surface area contributed by atoms with Gasteiger partial charge in [0.2, 0.25) is 0 Å². The maximum Gasteiger partial charge on any atom is 0.319 e. The van der Waals surface area contributed by atoms with E-state index in [0.29, 0.717) is 11.3 Å². The zero-order chi connectivity index (χ0) is 11.1. The minimum absolute atomic E-state index is 0.183. The van der Waals surface area contributed by atoms with Crippen molar-refractivity contribution in [1.29, 1.82) is 5.26 Å². The molecule has 74 valence electrons. The Morgan fingerprint density at radius 2 is 2.07 bits per heavy atom. The topological polar surface area (TPSA) is 64.9 Å². The number of hydrogen-bond donors (Lipinski definition) is 2. The van der Waals surface area contributed by atoms with Crippen molar-refractivity contribution >= 4 is 11.7 Å².